The van der Waals surface area contributed by atoms with Gasteiger partial charge >= 0.3 is 0 Å². The molecule has 0 aliphatic carbocycles. The van der Waals surface area contributed by atoms with Crippen molar-refractivity contribution in [3.8, 4) is 0 Å². The van der Waals surface area contributed by atoms with Gasteiger partial charge in [-0.2, -0.15) is 0 Å². The second kappa shape index (κ2) is 6.18. The molecule has 2 N–H and O–H groups in total. The van der Waals surface area contributed by atoms with Crippen LogP contribution in [-0.4, -0.2) is 42.8 Å². The van der Waals surface area contributed by atoms with Gasteiger partial charge in [-0.05, 0) is 37.6 Å². The molecule has 2 rings (SSSR count). The Morgan fingerprint density at radius 3 is 2.89 bits per heavy atom. The van der Waals surface area contributed by atoms with Gasteiger partial charge in [0.25, 0.3) is 0 Å². The molecule has 1 saturated heterocycles. The molecule has 1 atom stereocenters. The molecule has 19 heavy (non-hydrogen) atoms. The molecular formula is C14H20ClFN2O. The summed E-state index contributed by atoms with van der Waals surface area (Å²) in [6.45, 7) is 5.50. The Labute approximate surface area is 118 Å². The van der Waals surface area contributed by atoms with Crippen LogP contribution in [0.1, 0.15) is 18.9 Å². The average Bonchev–Trinajstić information content (AvgIpc) is 2.67. The second-order valence-corrected chi connectivity index (χ2v) is 5.55. The summed E-state index contributed by atoms with van der Waals surface area (Å²) in [5.74, 6) is -0.355. The molecule has 1 aliphatic rings. The van der Waals surface area contributed by atoms with E-state index in [1.165, 1.54) is 12.1 Å². The van der Waals surface area contributed by atoms with E-state index < -0.39 is 5.54 Å². The smallest absolute Gasteiger partial charge is 0.124 e. The van der Waals surface area contributed by atoms with E-state index in [-0.39, 0.29) is 12.4 Å². The van der Waals surface area contributed by atoms with Gasteiger partial charge in [0, 0.05) is 24.7 Å². The molecule has 0 aromatic heterocycles. The zero-order valence-electron chi connectivity index (χ0n) is 11.1. The third-order valence-electron chi connectivity index (χ3n) is 3.86. The topological polar surface area (TPSA) is 35.5 Å². The van der Waals surface area contributed by atoms with Crippen molar-refractivity contribution >= 4 is 11.6 Å². The van der Waals surface area contributed by atoms with Crippen LogP contribution in [0.4, 0.5) is 4.39 Å². The molecule has 1 aliphatic heterocycles. The lowest BCUT2D eigenvalue weighted by Crippen LogP contribution is -2.48. The van der Waals surface area contributed by atoms with Gasteiger partial charge in [0.15, 0.2) is 0 Å². The maximum Gasteiger partial charge on any atom is 0.124 e. The highest BCUT2D eigenvalue weighted by molar-refractivity contribution is 6.31. The zero-order chi connectivity index (χ0) is 13.9. The third kappa shape index (κ3) is 3.08. The van der Waals surface area contributed by atoms with Crippen LogP contribution in [0.5, 0.6) is 0 Å². The average molecular weight is 287 g/mol. The van der Waals surface area contributed by atoms with Crippen molar-refractivity contribution < 1.29 is 9.50 Å². The molecule has 1 fully saturated rings. The lowest BCUT2D eigenvalue weighted by molar-refractivity contribution is 0.0453. The number of halogens is 2. The van der Waals surface area contributed by atoms with E-state index in [1.54, 1.807) is 6.07 Å². The van der Waals surface area contributed by atoms with Crippen molar-refractivity contribution in [2.24, 2.45) is 0 Å². The number of aliphatic hydroxyl groups is 1. The van der Waals surface area contributed by atoms with Crippen LogP contribution in [0, 0.1) is 5.82 Å². The van der Waals surface area contributed by atoms with Crippen LogP contribution in [0.15, 0.2) is 18.2 Å². The van der Waals surface area contributed by atoms with E-state index in [1.807, 2.05) is 6.92 Å². The summed E-state index contributed by atoms with van der Waals surface area (Å²) in [6.07, 6.45) is 1.02. The van der Waals surface area contributed by atoms with Crippen molar-refractivity contribution in [1.29, 1.82) is 0 Å². The first kappa shape index (κ1) is 14.7. The molecule has 0 saturated carbocycles. The maximum absolute atomic E-state index is 13.2. The lowest BCUT2D eigenvalue weighted by Gasteiger charge is -2.40. The quantitative estimate of drug-likeness (QED) is 0.892. The van der Waals surface area contributed by atoms with E-state index >= 15 is 0 Å². The molecule has 0 spiro atoms. The lowest BCUT2D eigenvalue weighted by atomic mass is 9.90. The number of hydrogen-bond acceptors (Lipinski definition) is 3. The van der Waals surface area contributed by atoms with Gasteiger partial charge in [-0.3, -0.25) is 4.90 Å². The van der Waals surface area contributed by atoms with Crippen molar-refractivity contribution in [2.45, 2.75) is 18.9 Å². The summed E-state index contributed by atoms with van der Waals surface area (Å²) in [5, 5.41) is 13.6. The van der Waals surface area contributed by atoms with Crippen LogP contribution in [0.2, 0.25) is 5.02 Å². The number of aliphatic hydroxyl groups excluding tert-OH is 1. The molecule has 5 heteroatoms. The SMILES string of the molecule is CC(CO)(c1ccc(F)cc1Cl)N1CCCNCC1. The highest BCUT2D eigenvalue weighted by Gasteiger charge is 2.35. The molecule has 1 aromatic carbocycles. The summed E-state index contributed by atoms with van der Waals surface area (Å²) in [6, 6.07) is 4.37. The summed E-state index contributed by atoms with van der Waals surface area (Å²) >= 11 is 6.16. The highest BCUT2D eigenvalue weighted by Crippen LogP contribution is 2.33. The Hall–Kier alpha value is -0.680. The van der Waals surface area contributed by atoms with E-state index in [0.717, 1.165) is 38.2 Å². The van der Waals surface area contributed by atoms with Gasteiger partial charge in [-0.1, -0.05) is 17.7 Å². The fourth-order valence-corrected chi connectivity index (χ4v) is 2.99. The molecule has 3 nitrogen and oxygen atoms in total. The maximum atomic E-state index is 13.2. The number of nitrogens with one attached hydrogen (secondary N) is 1. The monoisotopic (exact) mass is 286 g/mol. The normalized spacial score (nSPS) is 20.8. The Morgan fingerprint density at radius 1 is 1.42 bits per heavy atom. The Morgan fingerprint density at radius 2 is 2.21 bits per heavy atom. The van der Waals surface area contributed by atoms with Crippen LogP contribution >= 0.6 is 11.6 Å². The second-order valence-electron chi connectivity index (χ2n) is 5.15. The van der Waals surface area contributed by atoms with Gasteiger partial charge in [-0.15, -0.1) is 0 Å². The molecule has 106 valence electrons. The third-order valence-corrected chi connectivity index (χ3v) is 4.17. The predicted molar refractivity (Wildman–Crippen MR) is 74.9 cm³/mol. The summed E-state index contributed by atoms with van der Waals surface area (Å²) < 4.78 is 13.2. The van der Waals surface area contributed by atoms with Crippen LogP contribution in [-0.2, 0) is 5.54 Å². The predicted octanol–water partition coefficient (Wildman–Crippen LogP) is 1.98. The minimum atomic E-state index is -0.573. The van der Waals surface area contributed by atoms with Crippen molar-refractivity contribution in [3.05, 3.63) is 34.6 Å². The van der Waals surface area contributed by atoms with E-state index in [2.05, 4.69) is 10.2 Å². The first-order valence-corrected chi connectivity index (χ1v) is 6.98. The van der Waals surface area contributed by atoms with Gasteiger partial charge in [0.2, 0.25) is 0 Å². The molecule has 1 unspecified atom stereocenters. The fraction of sp³-hybridized carbons (Fsp3) is 0.571. The highest BCUT2D eigenvalue weighted by atomic mass is 35.5. The van der Waals surface area contributed by atoms with E-state index in [4.69, 9.17) is 11.6 Å². The van der Waals surface area contributed by atoms with Gasteiger partial charge < -0.3 is 10.4 Å². The van der Waals surface area contributed by atoms with E-state index in [9.17, 15) is 9.50 Å². The first-order chi connectivity index (χ1) is 9.08. The van der Waals surface area contributed by atoms with Gasteiger partial charge in [-0.25, -0.2) is 4.39 Å². The zero-order valence-corrected chi connectivity index (χ0v) is 11.9. The Bertz CT molecular complexity index is 435. The van der Waals surface area contributed by atoms with E-state index in [0.29, 0.717) is 5.02 Å². The largest absolute Gasteiger partial charge is 0.394 e. The fourth-order valence-electron chi connectivity index (χ4n) is 2.62. The standard InChI is InChI=1S/C14H20ClFN2O/c1-14(10-19,18-7-2-5-17-6-8-18)12-4-3-11(16)9-13(12)15/h3-4,9,17,19H,2,5-8,10H2,1H3. The van der Waals surface area contributed by atoms with Gasteiger partial charge in [0.1, 0.15) is 5.82 Å². The number of rotatable bonds is 3. The van der Waals surface area contributed by atoms with Crippen molar-refractivity contribution in [1.82, 2.24) is 10.2 Å². The summed E-state index contributed by atoms with van der Waals surface area (Å²) in [7, 11) is 0. The van der Waals surface area contributed by atoms with Crippen LogP contribution in [0.25, 0.3) is 0 Å². The molecular weight excluding hydrogens is 267 g/mol. The van der Waals surface area contributed by atoms with Crippen molar-refractivity contribution in [2.75, 3.05) is 32.8 Å². The molecule has 0 bridgehead atoms. The summed E-state index contributed by atoms with van der Waals surface area (Å²) in [4.78, 5) is 2.21. The Balaban J connectivity index is 2.34. The molecule has 1 aromatic rings. The van der Waals surface area contributed by atoms with Crippen LogP contribution in [0.3, 0.4) is 0 Å². The molecule has 0 radical (unpaired) electrons. The van der Waals surface area contributed by atoms with Crippen LogP contribution < -0.4 is 5.32 Å². The number of benzene rings is 1. The Kier molecular flexibility index (Phi) is 4.79. The minimum Gasteiger partial charge on any atom is -0.394 e. The molecule has 0 amide bonds. The number of nitrogens with zero attached hydrogens (tertiary/aromatic N) is 1. The number of hydrogen-bond donors (Lipinski definition) is 2. The summed E-state index contributed by atoms with van der Waals surface area (Å²) in [5.41, 5.74) is 0.205. The first-order valence-electron chi connectivity index (χ1n) is 6.60. The molecule has 1 heterocycles. The minimum absolute atomic E-state index is 0.0433. The van der Waals surface area contributed by atoms with Crippen molar-refractivity contribution in [3.63, 3.8) is 0 Å². The van der Waals surface area contributed by atoms with Gasteiger partial charge in [0.05, 0.1) is 12.1 Å².